The molecule has 84 heavy (non-hydrogen) atoms. The van der Waals surface area contributed by atoms with E-state index in [1.165, 1.54) is 172 Å². The summed E-state index contributed by atoms with van der Waals surface area (Å²) in [5.41, 5.74) is 30.7. The zero-order valence-electron chi connectivity index (χ0n) is 57.1. The van der Waals surface area contributed by atoms with E-state index in [2.05, 4.69) is 271 Å². The van der Waals surface area contributed by atoms with Crippen molar-refractivity contribution in [2.45, 2.75) is 260 Å². The molecule has 0 bridgehead atoms. The predicted molar refractivity (Wildman–Crippen MR) is 363 cm³/mol. The molecule has 2 aliphatic heterocycles. The molecule has 0 radical (unpaired) electrons. The van der Waals surface area contributed by atoms with Crippen molar-refractivity contribution in [3.63, 3.8) is 0 Å². The molecule has 0 unspecified atom stereocenters. The van der Waals surface area contributed by atoms with E-state index in [0.717, 1.165) is 35.6 Å². The van der Waals surface area contributed by atoms with Crippen LogP contribution in [0.5, 0.6) is 0 Å². The molecule has 1 fully saturated rings. The Hall–Kier alpha value is -3.18. The quantitative estimate of drug-likeness (QED) is 0.0672. The van der Waals surface area contributed by atoms with Crippen LogP contribution in [0.4, 0.5) is 22.7 Å². The van der Waals surface area contributed by atoms with Crippen LogP contribution in [-0.4, -0.2) is 0 Å². The minimum atomic E-state index is 0. The maximum atomic E-state index is 3.84. The molecule has 6 nitrogen and oxygen atoms in total. The molecule has 0 spiro atoms. The van der Waals surface area contributed by atoms with E-state index < -0.39 is 0 Å². The molecule has 0 saturated heterocycles. The molecule has 6 N–H and O–H groups in total. The van der Waals surface area contributed by atoms with Crippen LogP contribution in [0.1, 0.15) is 298 Å². The Kier molecular flexibility index (Phi) is 29.6. The number of hydrogen-bond acceptors (Lipinski definition) is 6. The zero-order chi connectivity index (χ0) is 61.7. The van der Waals surface area contributed by atoms with Gasteiger partial charge in [-0.05, 0) is 159 Å². The second kappa shape index (κ2) is 34.0. The van der Waals surface area contributed by atoms with Gasteiger partial charge in [0.2, 0.25) is 0 Å². The van der Waals surface area contributed by atoms with E-state index >= 15 is 0 Å². The fourth-order valence-corrected chi connectivity index (χ4v) is 13.1. The van der Waals surface area contributed by atoms with Crippen LogP contribution >= 0.6 is 0 Å². The first-order valence-electron chi connectivity index (χ1n) is 32.0. The predicted octanol–water partition coefficient (Wildman–Crippen LogP) is 23.0. The first-order valence-corrected chi connectivity index (χ1v) is 33.9. The molecule has 1 saturated carbocycles. The topological polar surface area (TPSA) is 72.2 Å². The Morgan fingerprint density at radius 1 is 0.369 bits per heavy atom. The molecule has 0 aromatic heterocycles. The summed E-state index contributed by atoms with van der Waals surface area (Å²) < 4.78 is 1.17. The van der Waals surface area contributed by atoms with Crippen LogP contribution in [0.3, 0.4) is 0 Å². The number of allylic oxidation sites excluding steroid dienone is 8. The van der Waals surface area contributed by atoms with Gasteiger partial charge in [0.15, 0.2) is 0 Å². The van der Waals surface area contributed by atoms with E-state index in [1.807, 2.05) is 0 Å². The number of rotatable bonds is 16. The fraction of sp³-hybridized carbons (Fsp3) is 0.526. The van der Waals surface area contributed by atoms with Crippen molar-refractivity contribution in [2.75, 3.05) is 21.3 Å². The number of anilines is 4. The molecule has 4 aromatic carbocycles. The normalized spacial score (nSPS) is 16.9. The van der Waals surface area contributed by atoms with Crippen molar-refractivity contribution >= 4 is 22.7 Å². The number of hydrogen-bond donors (Lipinski definition) is 6. The standard InChI is InChI=1S/2C35H51N3.C6H11.2Nd/c2*1-20(2)28-16-24(9)17-29(21(3)4)34(28)36-26(11)32-14-13-15-33(38-32)27(12)37-35-30(22(5)6)18-25(10)19-31(35)23(7)8;1-2-4-6-5-3-1;;/h2*13-14,16-23,36-38H,15H2,1-12H3;1H,2-6H2;;. The summed E-state index contributed by atoms with van der Waals surface area (Å²) >= 11 is 1.45. The van der Waals surface area contributed by atoms with E-state index in [0.29, 0.717) is 47.3 Å². The fourth-order valence-electron chi connectivity index (χ4n) is 11.8. The van der Waals surface area contributed by atoms with Crippen LogP contribution < -0.4 is 31.9 Å². The van der Waals surface area contributed by atoms with Gasteiger partial charge < -0.3 is 31.9 Å². The summed E-state index contributed by atoms with van der Waals surface area (Å²) in [5.74, 6) is 3.60. The molecule has 1 aliphatic carbocycles. The average Bonchev–Trinajstić information content (AvgIpc) is 3.63. The van der Waals surface area contributed by atoms with E-state index in [9.17, 15) is 0 Å². The second-order valence-electron chi connectivity index (χ2n) is 27.1. The van der Waals surface area contributed by atoms with Gasteiger partial charge >= 0.3 is 72.4 Å². The van der Waals surface area contributed by atoms with Crippen molar-refractivity contribution < 1.29 is 79.6 Å². The van der Waals surface area contributed by atoms with Gasteiger partial charge in [0.1, 0.15) is 0 Å². The zero-order valence-corrected chi connectivity index (χ0v) is 63.5. The molecule has 3 aliphatic rings. The second-order valence-corrected chi connectivity index (χ2v) is 29.7. The first-order chi connectivity index (χ1) is 39.0. The molecule has 455 valence electrons. The van der Waals surface area contributed by atoms with Gasteiger partial charge in [0.05, 0.1) is 11.4 Å². The van der Waals surface area contributed by atoms with Crippen LogP contribution in [-0.2, 0) is 0 Å². The van der Waals surface area contributed by atoms with Crippen molar-refractivity contribution in [1.29, 1.82) is 0 Å². The van der Waals surface area contributed by atoms with Crippen LogP contribution in [0.25, 0.3) is 0 Å². The molecule has 7 rings (SSSR count). The van der Waals surface area contributed by atoms with Crippen molar-refractivity contribution in [3.8, 4) is 0 Å². The third-order valence-electron chi connectivity index (χ3n) is 16.7. The van der Waals surface area contributed by atoms with Gasteiger partial charge in [-0.2, -0.15) is 0 Å². The van der Waals surface area contributed by atoms with Gasteiger partial charge in [0, 0.05) is 111 Å². The number of aryl methyl sites for hydroxylation is 4. The van der Waals surface area contributed by atoms with Gasteiger partial charge in [-0.1, -0.05) is 194 Å². The number of nitrogens with one attached hydrogen (secondary N) is 6. The van der Waals surface area contributed by atoms with Gasteiger partial charge in [-0.15, -0.1) is 0 Å². The van der Waals surface area contributed by atoms with Gasteiger partial charge in [-0.25, -0.2) is 0 Å². The summed E-state index contributed by atoms with van der Waals surface area (Å²) in [6.45, 7) is 54.1. The van der Waals surface area contributed by atoms with Crippen molar-refractivity contribution in [1.82, 2.24) is 10.6 Å². The molecular formula is C76H113N6Nd2. The summed E-state index contributed by atoms with van der Waals surface area (Å²) in [4.78, 5) is 0. The van der Waals surface area contributed by atoms with Crippen molar-refractivity contribution in [3.05, 3.63) is 185 Å². The molecule has 2 heterocycles. The van der Waals surface area contributed by atoms with Crippen LogP contribution in [0, 0.1) is 107 Å². The third-order valence-corrected chi connectivity index (χ3v) is 18.6. The van der Waals surface area contributed by atoms with Crippen LogP contribution in [0.15, 0.2) is 118 Å². The Balaban J connectivity index is 0.000000318. The Labute approximate surface area is 573 Å². The molecule has 0 atom stereocenters. The summed E-state index contributed by atoms with van der Waals surface area (Å²) in [7, 11) is 0. The molecular weight excluding hydrogens is 1290 g/mol. The van der Waals surface area contributed by atoms with Gasteiger partial charge in [0.25, 0.3) is 0 Å². The Morgan fingerprint density at radius 3 is 0.774 bits per heavy atom. The van der Waals surface area contributed by atoms with E-state index in [1.54, 1.807) is 12.8 Å². The minimum absolute atomic E-state index is 0. The van der Waals surface area contributed by atoms with Crippen molar-refractivity contribution in [2.24, 2.45) is 0 Å². The third kappa shape index (κ3) is 20.4. The summed E-state index contributed by atoms with van der Waals surface area (Å²) in [6.07, 6.45) is 18.4. The Bertz CT molecular complexity index is 2740. The van der Waals surface area contributed by atoms with E-state index in [-0.39, 0.29) is 40.8 Å². The molecule has 8 heteroatoms. The summed E-state index contributed by atoms with van der Waals surface area (Å²) in [6, 6.07) is 18.7. The maximum absolute atomic E-state index is 3.84. The van der Waals surface area contributed by atoms with Crippen LogP contribution in [0.2, 0.25) is 1.57 Å². The average molecular weight is 1400 g/mol. The SMILES string of the molecule is CC(Nc1c(C(C)C)cc(C)cc1C(C)C)=C1C=CCC(=C(C)Nc2c(C(C)C)cc(C)cc2C(C)C)N1.CC(Nc1c(C(C)C)cc(C)cc1C(C)C)=C1C=CCC(=C(C)Nc2c(C(C)C)cc(C)cc2C(C)C)N1.[Nd].[Nd][CH]1CCCCC1. The first kappa shape index (κ1) is 73.3. The number of benzene rings is 4. The van der Waals surface area contributed by atoms with Gasteiger partial charge in [-0.3, -0.25) is 0 Å². The summed E-state index contributed by atoms with van der Waals surface area (Å²) in [5, 5.41) is 22.9. The Morgan fingerprint density at radius 2 is 0.583 bits per heavy atom. The van der Waals surface area contributed by atoms with E-state index in [4.69, 9.17) is 0 Å². The monoisotopic (exact) mass is 1390 g/mol. The molecule has 0 amide bonds. The molecule has 4 aromatic rings.